The Morgan fingerprint density at radius 2 is 1.90 bits per heavy atom. The number of carbonyl (C=O) groups is 1. The molecule has 0 saturated carbocycles. The van der Waals surface area contributed by atoms with Crippen LogP contribution in [0.2, 0.25) is 5.02 Å². The van der Waals surface area contributed by atoms with Crippen LogP contribution in [0.4, 0.5) is 11.6 Å². The van der Waals surface area contributed by atoms with Gasteiger partial charge in [0.1, 0.15) is 11.6 Å². The van der Waals surface area contributed by atoms with Gasteiger partial charge in [0, 0.05) is 17.6 Å². The molecule has 0 aliphatic heterocycles. The summed E-state index contributed by atoms with van der Waals surface area (Å²) in [6.45, 7) is 0.374. The highest BCUT2D eigenvalue weighted by Crippen LogP contribution is 2.17. The van der Waals surface area contributed by atoms with E-state index in [-0.39, 0.29) is 23.3 Å². The topological polar surface area (TPSA) is 107 Å². The first-order chi connectivity index (χ1) is 10.0. The van der Waals surface area contributed by atoms with Crippen molar-refractivity contribution in [3.63, 3.8) is 0 Å². The molecule has 0 aliphatic carbocycles. The van der Waals surface area contributed by atoms with Gasteiger partial charge in [0.15, 0.2) is 5.16 Å². The molecule has 0 bridgehead atoms. The first kappa shape index (κ1) is 15.4. The third kappa shape index (κ3) is 4.80. The number of thioether (sulfide) groups is 1. The number of benzene rings is 1. The van der Waals surface area contributed by atoms with Crippen LogP contribution >= 0.6 is 23.4 Å². The summed E-state index contributed by atoms with van der Waals surface area (Å²) in [6.07, 6.45) is 0. The van der Waals surface area contributed by atoms with E-state index in [9.17, 15) is 4.79 Å². The van der Waals surface area contributed by atoms with Crippen LogP contribution in [0.1, 0.15) is 5.56 Å². The second-order valence-electron chi connectivity index (χ2n) is 4.16. The van der Waals surface area contributed by atoms with E-state index in [4.69, 9.17) is 23.1 Å². The monoisotopic (exact) mass is 323 g/mol. The lowest BCUT2D eigenvalue weighted by atomic mass is 10.2. The maximum Gasteiger partial charge on any atom is 0.230 e. The van der Waals surface area contributed by atoms with E-state index in [1.54, 1.807) is 6.07 Å². The lowest BCUT2D eigenvalue weighted by Crippen LogP contribution is -2.24. The SMILES string of the molecule is Nc1cc(N)nc(SCC(=O)NCc2ccccc2Cl)n1. The van der Waals surface area contributed by atoms with Crippen molar-refractivity contribution in [2.24, 2.45) is 0 Å². The fourth-order valence-corrected chi connectivity index (χ4v) is 2.45. The Labute approximate surface area is 131 Å². The number of nitrogens with two attached hydrogens (primary N) is 2. The predicted octanol–water partition coefficient (Wildman–Crippen LogP) is 1.70. The van der Waals surface area contributed by atoms with Crippen molar-refractivity contribution in [3.05, 3.63) is 40.9 Å². The van der Waals surface area contributed by atoms with Gasteiger partial charge in [-0.05, 0) is 11.6 Å². The zero-order valence-electron chi connectivity index (χ0n) is 11.0. The standard InChI is InChI=1S/C13H14ClN5OS/c14-9-4-2-1-3-8(9)6-17-12(20)7-21-13-18-10(15)5-11(16)19-13/h1-5H,6-7H2,(H,17,20)(H4,15,16,18,19). The second-order valence-corrected chi connectivity index (χ2v) is 5.51. The van der Waals surface area contributed by atoms with Crippen molar-refractivity contribution in [1.29, 1.82) is 0 Å². The van der Waals surface area contributed by atoms with Gasteiger partial charge in [0.2, 0.25) is 5.91 Å². The molecule has 6 nitrogen and oxygen atoms in total. The van der Waals surface area contributed by atoms with Crippen LogP contribution in [-0.4, -0.2) is 21.6 Å². The molecular weight excluding hydrogens is 310 g/mol. The first-order valence-electron chi connectivity index (χ1n) is 6.07. The molecule has 2 aromatic rings. The summed E-state index contributed by atoms with van der Waals surface area (Å²) in [5.41, 5.74) is 12.0. The normalized spacial score (nSPS) is 10.3. The first-order valence-corrected chi connectivity index (χ1v) is 7.44. The summed E-state index contributed by atoms with van der Waals surface area (Å²) >= 11 is 7.18. The van der Waals surface area contributed by atoms with Crippen LogP contribution in [0.25, 0.3) is 0 Å². The van der Waals surface area contributed by atoms with Gasteiger partial charge in [0.05, 0.1) is 5.75 Å². The molecule has 8 heteroatoms. The van der Waals surface area contributed by atoms with Crippen molar-refractivity contribution >= 4 is 40.9 Å². The van der Waals surface area contributed by atoms with Crippen LogP contribution in [0.5, 0.6) is 0 Å². The molecule has 0 fully saturated rings. The van der Waals surface area contributed by atoms with Crippen molar-refractivity contribution in [3.8, 4) is 0 Å². The largest absolute Gasteiger partial charge is 0.383 e. The molecule has 0 radical (unpaired) electrons. The molecule has 1 aromatic heterocycles. The van der Waals surface area contributed by atoms with Gasteiger partial charge in [-0.3, -0.25) is 4.79 Å². The molecule has 1 amide bonds. The number of amides is 1. The minimum Gasteiger partial charge on any atom is -0.383 e. The number of nitrogen functional groups attached to an aromatic ring is 2. The van der Waals surface area contributed by atoms with Gasteiger partial charge in [-0.15, -0.1) is 0 Å². The molecule has 0 aliphatic rings. The Morgan fingerprint density at radius 3 is 2.57 bits per heavy atom. The lowest BCUT2D eigenvalue weighted by Gasteiger charge is -2.06. The molecule has 0 saturated heterocycles. The number of hydrogen-bond acceptors (Lipinski definition) is 6. The number of anilines is 2. The second kappa shape index (κ2) is 7.14. The van der Waals surface area contributed by atoms with E-state index in [2.05, 4.69) is 15.3 Å². The van der Waals surface area contributed by atoms with E-state index in [0.717, 1.165) is 5.56 Å². The van der Waals surface area contributed by atoms with Crippen LogP contribution in [0.15, 0.2) is 35.5 Å². The average Bonchev–Trinajstić information content (AvgIpc) is 2.43. The van der Waals surface area contributed by atoms with Crippen LogP contribution < -0.4 is 16.8 Å². The van der Waals surface area contributed by atoms with E-state index in [0.29, 0.717) is 16.7 Å². The van der Waals surface area contributed by atoms with Gasteiger partial charge in [-0.1, -0.05) is 41.6 Å². The third-order valence-electron chi connectivity index (χ3n) is 2.51. The molecule has 0 spiro atoms. The summed E-state index contributed by atoms with van der Waals surface area (Å²) in [7, 11) is 0. The smallest absolute Gasteiger partial charge is 0.230 e. The van der Waals surface area contributed by atoms with Crippen molar-refractivity contribution in [2.75, 3.05) is 17.2 Å². The molecule has 1 heterocycles. The van der Waals surface area contributed by atoms with Crippen LogP contribution in [0, 0.1) is 0 Å². The highest BCUT2D eigenvalue weighted by atomic mass is 35.5. The minimum atomic E-state index is -0.149. The van der Waals surface area contributed by atoms with Crippen molar-refractivity contribution < 1.29 is 4.79 Å². The Kier molecular flexibility index (Phi) is 5.24. The number of aromatic nitrogens is 2. The van der Waals surface area contributed by atoms with Gasteiger partial charge in [-0.2, -0.15) is 0 Å². The molecule has 0 atom stereocenters. The molecule has 110 valence electrons. The Hall–Kier alpha value is -1.99. The van der Waals surface area contributed by atoms with E-state index < -0.39 is 0 Å². The Bertz CT molecular complexity index is 632. The number of carbonyl (C=O) groups excluding carboxylic acids is 1. The van der Waals surface area contributed by atoms with Gasteiger partial charge < -0.3 is 16.8 Å². The van der Waals surface area contributed by atoms with E-state index >= 15 is 0 Å². The highest BCUT2D eigenvalue weighted by Gasteiger charge is 2.07. The number of nitrogens with one attached hydrogen (secondary N) is 1. The Balaban J connectivity index is 1.84. The minimum absolute atomic E-state index is 0.149. The highest BCUT2D eigenvalue weighted by molar-refractivity contribution is 7.99. The summed E-state index contributed by atoms with van der Waals surface area (Å²) in [4.78, 5) is 19.8. The zero-order chi connectivity index (χ0) is 15.2. The predicted molar refractivity (Wildman–Crippen MR) is 84.9 cm³/mol. The maximum absolute atomic E-state index is 11.8. The van der Waals surface area contributed by atoms with E-state index in [1.165, 1.54) is 17.8 Å². The summed E-state index contributed by atoms with van der Waals surface area (Å²) < 4.78 is 0. The number of halogens is 1. The molecular formula is C13H14ClN5OS. The van der Waals surface area contributed by atoms with Gasteiger partial charge in [0.25, 0.3) is 0 Å². The summed E-state index contributed by atoms with van der Waals surface area (Å²) in [6, 6.07) is 8.80. The molecule has 0 unspecified atom stereocenters. The summed E-state index contributed by atoms with van der Waals surface area (Å²) in [5, 5.41) is 3.77. The lowest BCUT2D eigenvalue weighted by molar-refractivity contribution is -0.118. The van der Waals surface area contributed by atoms with Gasteiger partial charge >= 0.3 is 0 Å². The molecule has 2 rings (SSSR count). The fourth-order valence-electron chi connectivity index (χ4n) is 1.54. The molecule has 21 heavy (non-hydrogen) atoms. The number of nitrogens with zero attached hydrogens (tertiary/aromatic N) is 2. The summed E-state index contributed by atoms with van der Waals surface area (Å²) in [5.74, 6) is 0.584. The quantitative estimate of drug-likeness (QED) is 0.571. The number of rotatable bonds is 5. The van der Waals surface area contributed by atoms with Crippen LogP contribution in [0.3, 0.4) is 0 Å². The third-order valence-corrected chi connectivity index (χ3v) is 3.73. The zero-order valence-corrected chi connectivity index (χ0v) is 12.6. The Morgan fingerprint density at radius 1 is 1.24 bits per heavy atom. The maximum atomic E-state index is 11.8. The van der Waals surface area contributed by atoms with Crippen molar-refractivity contribution in [2.45, 2.75) is 11.7 Å². The van der Waals surface area contributed by atoms with E-state index in [1.807, 2.05) is 18.2 Å². The fraction of sp³-hybridized carbons (Fsp3) is 0.154. The number of hydrogen-bond donors (Lipinski definition) is 3. The molecule has 5 N–H and O–H groups in total. The van der Waals surface area contributed by atoms with Crippen LogP contribution in [-0.2, 0) is 11.3 Å². The molecule has 1 aromatic carbocycles. The van der Waals surface area contributed by atoms with Gasteiger partial charge in [-0.25, -0.2) is 9.97 Å². The average molecular weight is 324 g/mol. The van der Waals surface area contributed by atoms with Crippen molar-refractivity contribution in [1.82, 2.24) is 15.3 Å².